The zero-order valence-corrected chi connectivity index (χ0v) is 25.0. The van der Waals surface area contributed by atoms with E-state index < -0.39 is 28.1 Å². The number of hydrogen-bond acceptors (Lipinski definition) is 7. The van der Waals surface area contributed by atoms with E-state index in [-0.39, 0.29) is 18.0 Å². The quantitative estimate of drug-likeness (QED) is 0.111. The summed E-state index contributed by atoms with van der Waals surface area (Å²) in [7, 11) is -8.61. The number of phosphoric ester groups is 1. The molecule has 0 saturated carbocycles. The lowest BCUT2D eigenvalue weighted by molar-refractivity contribution is 0.0941. The Morgan fingerprint density at radius 1 is 0.976 bits per heavy atom. The number of benzene rings is 3. The van der Waals surface area contributed by atoms with Crippen LogP contribution in [0.2, 0.25) is 0 Å². The van der Waals surface area contributed by atoms with Crippen molar-refractivity contribution in [2.24, 2.45) is 0 Å². The van der Waals surface area contributed by atoms with Crippen LogP contribution in [0.15, 0.2) is 79.4 Å². The average molecular weight is 612 g/mol. The highest BCUT2D eigenvalue weighted by Gasteiger charge is 2.35. The van der Waals surface area contributed by atoms with Crippen molar-refractivity contribution in [2.45, 2.75) is 13.8 Å². The molecule has 1 amide bonds. The van der Waals surface area contributed by atoms with Crippen LogP contribution in [0, 0.1) is 13.8 Å². The zero-order chi connectivity index (χ0) is 30.5. The molecule has 4 rings (SSSR count). The Kier molecular flexibility index (Phi) is 9.64. The van der Waals surface area contributed by atoms with Crippen LogP contribution in [0.1, 0.15) is 32.7 Å². The minimum absolute atomic E-state index is 0.0161. The Morgan fingerprint density at radius 3 is 2.38 bits per heavy atom. The van der Waals surface area contributed by atoms with E-state index in [1.54, 1.807) is 36.4 Å². The van der Waals surface area contributed by atoms with Crippen LogP contribution in [-0.2, 0) is 18.0 Å². The maximum Gasteiger partial charge on any atom is 0.480 e. The summed E-state index contributed by atoms with van der Waals surface area (Å²) in [6.45, 7) is 7.38. The van der Waals surface area contributed by atoms with E-state index in [9.17, 15) is 23.7 Å². The zero-order valence-electron chi connectivity index (χ0n) is 23.2. The molecule has 0 aliphatic heterocycles. The van der Waals surface area contributed by atoms with Gasteiger partial charge in [-0.05, 0) is 66.9 Å². The van der Waals surface area contributed by atoms with Crippen molar-refractivity contribution in [3.05, 3.63) is 107 Å². The van der Waals surface area contributed by atoms with Crippen LogP contribution in [0.3, 0.4) is 0 Å². The fourth-order valence-electron chi connectivity index (χ4n) is 4.16. The molecule has 0 aliphatic carbocycles. The number of aromatic nitrogens is 1. The van der Waals surface area contributed by atoms with Crippen molar-refractivity contribution in [1.82, 2.24) is 10.3 Å². The third kappa shape index (κ3) is 7.92. The van der Waals surface area contributed by atoms with Gasteiger partial charge >= 0.3 is 15.6 Å². The van der Waals surface area contributed by atoms with Gasteiger partial charge in [-0.15, -0.1) is 0 Å². The second-order valence-electron chi connectivity index (χ2n) is 9.36. The summed E-state index contributed by atoms with van der Waals surface area (Å²) in [5.74, 6) is -0.238. The molecule has 220 valence electrons. The van der Waals surface area contributed by atoms with Gasteiger partial charge in [0.25, 0.3) is 5.91 Å². The maximum absolute atomic E-state index is 12.8. The summed E-state index contributed by atoms with van der Waals surface area (Å²) in [5.41, 5.74) is 5.01. The van der Waals surface area contributed by atoms with Crippen molar-refractivity contribution in [2.75, 3.05) is 25.3 Å². The smallest absolute Gasteiger partial charge is 0.480 e. The Labute approximate surface area is 243 Å². The third-order valence-corrected chi connectivity index (χ3v) is 8.89. The normalized spacial score (nSPS) is 14.0. The number of anilines is 1. The number of nitrogens with one attached hydrogen (secondary N) is 2. The van der Waals surface area contributed by atoms with Gasteiger partial charge in [0.2, 0.25) is 0 Å². The van der Waals surface area contributed by atoms with Crippen molar-refractivity contribution in [1.29, 1.82) is 0 Å². The number of phosphoric acid groups is 1. The number of amides is 1. The van der Waals surface area contributed by atoms with Gasteiger partial charge in [-0.25, -0.2) is 9.13 Å². The molecule has 4 aromatic rings. The average Bonchev–Trinajstić information content (AvgIpc) is 2.93. The first-order valence-electron chi connectivity index (χ1n) is 12.8. The Balaban J connectivity index is 1.43. The molecule has 13 heteroatoms. The third-order valence-electron chi connectivity index (χ3n) is 6.15. The van der Waals surface area contributed by atoms with Crippen LogP contribution in [0.5, 0.6) is 5.75 Å². The fourth-order valence-corrected chi connectivity index (χ4v) is 6.44. The molecule has 1 heterocycles. The Morgan fingerprint density at radius 2 is 1.67 bits per heavy atom. The monoisotopic (exact) mass is 611 g/mol. The van der Waals surface area contributed by atoms with E-state index in [0.29, 0.717) is 16.7 Å². The highest BCUT2D eigenvalue weighted by Crippen LogP contribution is 2.60. The van der Waals surface area contributed by atoms with Gasteiger partial charge in [0, 0.05) is 23.2 Å². The molecule has 0 bridgehead atoms. The number of aryl methyl sites for hydroxylation is 2. The van der Waals surface area contributed by atoms with Crippen LogP contribution in [-0.4, -0.2) is 40.9 Å². The predicted molar refractivity (Wildman–Crippen MR) is 161 cm³/mol. The number of methoxy groups -OCH3 is 1. The SMILES string of the molecule is C=C(c1ccc(OC)c(NP(=O)(O)OP(=O)(O)OCCNC(=O)c2ccc(C)cc2)c1)c1cc(C)nc2ccccc12. The molecule has 3 aromatic carbocycles. The molecular formula is C29H31N3O8P2. The molecule has 2 atom stereocenters. The molecule has 11 nitrogen and oxygen atoms in total. The molecule has 42 heavy (non-hydrogen) atoms. The van der Waals surface area contributed by atoms with Gasteiger partial charge in [-0.3, -0.25) is 19.4 Å². The van der Waals surface area contributed by atoms with Gasteiger partial charge in [0.05, 0.1) is 24.9 Å². The van der Waals surface area contributed by atoms with Gasteiger partial charge in [0.15, 0.2) is 0 Å². The molecule has 0 fully saturated rings. The van der Waals surface area contributed by atoms with Gasteiger partial charge < -0.3 is 19.8 Å². The maximum atomic E-state index is 12.8. The standard InChI is InChI=1S/C29H31N3O8P2/c1-19-9-11-22(12-10-19)29(33)30-15-16-39-42(36,37)40-41(34,35)32-27-18-23(13-14-28(27)38-4)21(3)25-17-20(2)31-26-8-6-5-7-24(25)26/h5-14,17-18H,3,15-16H2,1-2,4H3,(H,30,33)(H,36,37)(H2,32,34,35). The van der Waals surface area contributed by atoms with Crippen LogP contribution in [0.4, 0.5) is 5.69 Å². The van der Waals surface area contributed by atoms with Crippen molar-refractivity contribution >= 4 is 43.6 Å². The summed E-state index contributed by atoms with van der Waals surface area (Å²) in [6, 6.07) is 21.1. The summed E-state index contributed by atoms with van der Waals surface area (Å²) < 4.78 is 39.9. The van der Waals surface area contributed by atoms with Crippen LogP contribution in [0.25, 0.3) is 16.5 Å². The van der Waals surface area contributed by atoms with Crippen molar-refractivity contribution in [3.63, 3.8) is 0 Å². The first-order chi connectivity index (χ1) is 19.9. The largest absolute Gasteiger partial charge is 0.495 e. The van der Waals surface area contributed by atoms with E-state index in [0.717, 1.165) is 27.7 Å². The van der Waals surface area contributed by atoms with Gasteiger partial charge in [-0.1, -0.05) is 48.5 Å². The van der Waals surface area contributed by atoms with E-state index in [2.05, 4.69) is 26.3 Å². The number of pyridine rings is 1. The molecular weight excluding hydrogens is 580 g/mol. The van der Waals surface area contributed by atoms with Gasteiger partial charge in [-0.2, -0.15) is 4.31 Å². The van der Waals surface area contributed by atoms with E-state index in [4.69, 9.17) is 9.26 Å². The van der Waals surface area contributed by atoms with Crippen molar-refractivity contribution in [3.8, 4) is 5.75 Å². The Bertz CT molecular complexity index is 1730. The summed E-state index contributed by atoms with van der Waals surface area (Å²) in [5, 5.41) is 5.66. The molecule has 1 aromatic heterocycles. The summed E-state index contributed by atoms with van der Waals surface area (Å²) in [6.07, 6.45) is 0. The number of carbonyl (C=O) groups is 1. The lowest BCUT2D eigenvalue weighted by Gasteiger charge is -2.20. The minimum atomic E-state index is -5.02. The van der Waals surface area contributed by atoms with E-state index >= 15 is 0 Å². The molecule has 0 aliphatic rings. The molecule has 2 unspecified atom stereocenters. The van der Waals surface area contributed by atoms with Crippen LogP contribution >= 0.6 is 15.6 Å². The lowest BCUT2D eigenvalue weighted by Crippen LogP contribution is -2.27. The summed E-state index contributed by atoms with van der Waals surface area (Å²) >= 11 is 0. The number of fused-ring (bicyclic) bond motifs is 1. The van der Waals surface area contributed by atoms with Gasteiger partial charge in [0.1, 0.15) is 5.75 Å². The molecule has 0 saturated heterocycles. The second kappa shape index (κ2) is 13.0. The molecule has 0 radical (unpaired) electrons. The summed E-state index contributed by atoms with van der Waals surface area (Å²) in [4.78, 5) is 37.2. The van der Waals surface area contributed by atoms with Crippen molar-refractivity contribution < 1.29 is 37.3 Å². The molecule has 0 spiro atoms. The highest BCUT2D eigenvalue weighted by molar-refractivity contribution is 7.64. The second-order valence-corrected chi connectivity index (χ2v) is 12.5. The fraction of sp³-hybridized carbons (Fsp3) is 0.172. The van der Waals surface area contributed by atoms with E-state index in [1.165, 1.54) is 13.2 Å². The Hall–Kier alpha value is -3.82. The number of ether oxygens (including phenoxy) is 1. The number of nitrogens with zero attached hydrogens (tertiary/aromatic N) is 1. The lowest BCUT2D eigenvalue weighted by atomic mass is 9.95. The first kappa shape index (κ1) is 31.1. The number of rotatable bonds is 12. The number of carbonyl (C=O) groups excluding carboxylic acids is 1. The first-order valence-corrected chi connectivity index (χ1v) is 15.8. The minimum Gasteiger partial charge on any atom is -0.495 e. The topological polar surface area (TPSA) is 156 Å². The number of para-hydroxylation sites is 1. The highest BCUT2D eigenvalue weighted by atomic mass is 31.3. The number of hydrogen-bond donors (Lipinski definition) is 4. The predicted octanol–water partition coefficient (Wildman–Crippen LogP) is 6.00. The molecule has 4 N–H and O–H groups in total. The van der Waals surface area contributed by atoms with E-state index in [1.807, 2.05) is 44.2 Å². The van der Waals surface area contributed by atoms with Crippen LogP contribution < -0.4 is 15.1 Å².